The number of hydrogen-bond donors (Lipinski definition) is 1. The number of nitrogens with zero attached hydrogens (tertiary/aromatic N) is 1. The van der Waals surface area contributed by atoms with Gasteiger partial charge in [-0.15, -0.1) is 0 Å². The first-order chi connectivity index (χ1) is 10.1. The Morgan fingerprint density at radius 2 is 1.76 bits per heavy atom. The molecule has 0 aliphatic rings. The van der Waals surface area contributed by atoms with Crippen molar-refractivity contribution in [3.05, 3.63) is 69.2 Å². The van der Waals surface area contributed by atoms with E-state index < -0.39 is 4.92 Å². The summed E-state index contributed by atoms with van der Waals surface area (Å²) in [5.41, 5.74) is 2.12. The minimum atomic E-state index is -0.396. The summed E-state index contributed by atoms with van der Waals surface area (Å²) in [5, 5.41) is 14.8. The average Bonchev–Trinajstić information content (AvgIpc) is 2.48. The molecule has 1 unspecified atom stereocenters. The van der Waals surface area contributed by atoms with Gasteiger partial charge in [0.1, 0.15) is 0 Å². The van der Waals surface area contributed by atoms with Crippen LogP contribution in [0, 0.1) is 10.1 Å². The third-order valence-electron chi connectivity index (χ3n) is 3.27. The zero-order valence-corrected chi connectivity index (χ0v) is 12.5. The van der Waals surface area contributed by atoms with Crippen LogP contribution in [0.1, 0.15) is 31.4 Å². The van der Waals surface area contributed by atoms with Gasteiger partial charge in [0.05, 0.1) is 11.0 Å². The lowest BCUT2D eigenvalue weighted by atomic mass is 10.0. The van der Waals surface area contributed by atoms with E-state index >= 15 is 0 Å². The highest BCUT2D eigenvalue weighted by atomic mass is 35.5. The molecule has 0 saturated carbocycles. The van der Waals surface area contributed by atoms with Crippen LogP contribution in [0.2, 0.25) is 5.02 Å². The van der Waals surface area contributed by atoms with E-state index in [1.54, 1.807) is 12.1 Å². The number of hydrogen-bond acceptors (Lipinski definition) is 3. The molecule has 0 bridgehead atoms. The zero-order chi connectivity index (χ0) is 15.2. The van der Waals surface area contributed by atoms with Crippen molar-refractivity contribution in [1.82, 2.24) is 0 Å². The second-order valence-electron chi connectivity index (χ2n) is 4.84. The molecule has 0 aliphatic heterocycles. The molecule has 21 heavy (non-hydrogen) atoms. The van der Waals surface area contributed by atoms with E-state index in [0.29, 0.717) is 5.02 Å². The summed E-state index contributed by atoms with van der Waals surface area (Å²) < 4.78 is 0. The monoisotopic (exact) mass is 304 g/mol. The van der Waals surface area contributed by atoms with E-state index in [9.17, 15) is 10.1 Å². The second kappa shape index (κ2) is 7.09. The number of nitrogens with one attached hydrogen (secondary N) is 1. The SMILES string of the molecule is CCCC(Nc1ccc([N+](=O)[O-])cc1)c1ccc(Cl)cc1. The fourth-order valence-corrected chi connectivity index (χ4v) is 2.31. The molecule has 0 aromatic heterocycles. The van der Waals surface area contributed by atoms with Gasteiger partial charge in [-0.3, -0.25) is 10.1 Å². The maximum atomic E-state index is 10.7. The number of rotatable bonds is 6. The Bertz CT molecular complexity index is 597. The maximum Gasteiger partial charge on any atom is 0.269 e. The van der Waals surface area contributed by atoms with Gasteiger partial charge >= 0.3 is 0 Å². The minimum Gasteiger partial charge on any atom is -0.378 e. The van der Waals surface area contributed by atoms with Crippen LogP contribution in [0.5, 0.6) is 0 Å². The summed E-state index contributed by atoms with van der Waals surface area (Å²) in [6.45, 7) is 2.13. The quantitative estimate of drug-likeness (QED) is 0.589. The molecule has 0 amide bonds. The number of benzene rings is 2. The molecular weight excluding hydrogens is 288 g/mol. The van der Waals surface area contributed by atoms with Crippen molar-refractivity contribution in [3.8, 4) is 0 Å². The molecule has 110 valence electrons. The Morgan fingerprint density at radius 3 is 2.29 bits per heavy atom. The first kappa shape index (κ1) is 15.3. The molecule has 0 radical (unpaired) electrons. The number of non-ortho nitro benzene ring substituents is 1. The number of halogens is 1. The molecule has 0 spiro atoms. The van der Waals surface area contributed by atoms with Gasteiger partial charge in [-0.2, -0.15) is 0 Å². The lowest BCUT2D eigenvalue weighted by Crippen LogP contribution is -2.10. The van der Waals surface area contributed by atoms with Crippen molar-refractivity contribution in [2.75, 3.05) is 5.32 Å². The summed E-state index contributed by atoms with van der Waals surface area (Å²) in [5.74, 6) is 0. The van der Waals surface area contributed by atoms with Gasteiger partial charge < -0.3 is 5.32 Å². The van der Waals surface area contributed by atoms with Crippen molar-refractivity contribution >= 4 is 23.0 Å². The van der Waals surface area contributed by atoms with E-state index in [1.165, 1.54) is 12.1 Å². The van der Waals surface area contributed by atoms with E-state index in [0.717, 1.165) is 24.1 Å². The standard InChI is InChI=1S/C16H17ClN2O2/c1-2-3-16(12-4-6-13(17)7-5-12)18-14-8-10-15(11-9-14)19(20)21/h4-11,16,18H,2-3H2,1H3. The van der Waals surface area contributed by atoms with Crippen LogP contribution < -0.4 is 5.32 Å². The molecular formula is C16H17ClN2O2. The first-order valence-electron chi connectivity index (χ1n) is 6.86. The van der Waals surface area contributed by atoms with Crippen molar-refractivity contribution in [2.45, 2.75) is 25.8 Å². The second-order valence-corrected chi connectivity index (χ2v) is 5.28. The van der Waals surface area contributed by atoms with Gasteiger partial charge in [0.15, 0.2) is 0 Å². The minimum absolute atomic E-state index is 0.0964. The highest BCUT2D eigenvalue weighted by Crippen LogP contribution is 2.26. The number of nitro groups is 1. The Hall–Kier alpha value is -2.07. The lowest BCUT2D eigenvalue weighted by molar-refractivity contribution is -0.384. The largest absolute Gasteiger partial charge is 0.378 e. The van der Waals surface area contributed by atoms with Crippen molar-refractivity contribution in [3.63, 3.8) is 0 Å². The summed E-state index contributed by atoms with van der Waals surface area (Å²) in [6.07, 6.45) is 2.01. The van der Waals surface area contributed by atoms with Crippen LogP contribution >= 0.6 is 11.6 Å². The fourth-order valence-electron chi connectivity index (χ4n) is 2.19. The van der Waals surface area contributed by atoms with E-state index in [4.69, 9.17) is 11.6 Å². The van der Waals surface area contributed by atoms with Crippen LogP contribution in [-0.4, -0.2) is 4.92 Å². The third kappa shape index (κ3) is 4.20. The molecule has 2 aromatic carbocycles. The normalized spacial score (nSPS) is 11.9. The van der Waals surface area contributed by atoms with Crippen LogP contribution in [0.4, 0.5) is 11.4 Å². The van der Waals surface area contributed by atoms with Crippen molar-refractivity contribution in [1.29, 1.82) is 0 Å². The molecule has 1 N–H and O–H groups in total. The van der Waals surface area contributed by atoms with Crippen molar-refractivity contribution < 1.29 is 4.92 Å². The maximum absolute atomic E-state index is 10.7. The number of anilines is 1. The highest BCUT2D eigenvalue weighted by molar-refractivity contribution is 6.30. The van der Waals surface area contributed by atoms with Crippen LogP contribution in [0.15, 0.2) is 48.5 Å². The zero-order valence-electron chi connectivity index (χ0n) is 11.8. The Labute approximate surface area is 128 Å². The molecule has 0 fully saturated rings. The van der Waals surface area contributed by atoms with E-state index in [2.05, 4.69) is 12.2 Å². The molecule has 5 heteroatoms. The average molecular weight is 305 g/mol. The summed E-state index contributed by atoms with van der Waals surface area (Å²) in [6, 6.07) is 14.4. The van der Waals surface area contributed by atoms with Crippen molar-refractivity contribution in [2.24, 2.45) is 0 Å². The third-order valence-corrected chi connectivity index (χ3v) is 3.52. The van der Waals surface area contributed by atoms with Crippen LogP contribution in [0.3, 0.4) is 0 Å². The topological polar surface area (TPSA) is 55.2 Å². The summed E-state index contributed by atoms with van der Waals surface area (Å²) in [7, 11) is 0. The van der Waals surface area contributed by atoms with Gasteiger partial charge in [0.2, 0.25) is 0 Å². The Morgan fingerprint density at radius 1 is 1.14 bits per heavy atom. The van der Waals surface area contributed by atoms with Crippen LogP contribution in [-0.2, 0) is 0 Å². The molecule has 2 aromatic rings. The highest BCUT2D eigenvalue weighted by Gasteiger charge is 2.11. The summed E-state index contributed by atoms with van der Waals surface area (Å²) in [4.78, 5) is 10.3. The van der Waals surface area contributed by atoms with Gasteiger partial charge in [-0.25, -0.2) is 0 Å². The van der Waals surface area contributed by atoms with E-state index in [1.807, 2.05) is 24.3 Å². The molecule has 2 rings (SSSR count). The predicted octanol–water partition coefficient (Wildman–Crippen LogP) is 5.20. The smallest absolute Gasteiger partial charge is 0.269 e. The fraction of sp³-hybridized carbons (Fsp3) is 0.250. The van der Waals surface area contributed by atoms with Gasteiger partial charge in [-0.1, -0.05) is 37.1 Å². The van der Waals surface area contributed by atoms with E-state index in [-0.39, 0.29) is 11.7 Å². The Kier molecular flexibility index (Phi) is 5.17. The number of nitro benzene ring substituents is 1. The lowest BCUT2D eigenvalue weighted by Gasteiger charge is -2.20. The molecule has 1 atom stereocenters. The van der Waals surface area contributed by atoms with Gasteiger partial charge in [0, 0.05) is 22.8 Å². The molecule has 4 nitrogen and oxygen atoms in total. The molecule has 0 heterocycles. The Balaban J connectivity index is 2.15. The van der Waals surface area contributed by atoms with Crippen LogP contribution in [0.25, 0.3) is 0 Å². The summed E-state index contributed by atoms with van der Waals surface area (Å²) >= 11 is 5.92. The molecule has 0 saturated heterocycles. The first-order valence-corrected chi connectivity index (χ1v) is 7.24. The predicted molar refractivity (Wildman–Crippen MR) is 85.8 cm³/mol. The molecule has 0 aliphatic carbocycles. The van der Waals surface area contributed by atoms with Gasteiger partial charge in [-0.05, 0) is 36.2 Å². The van der Waals surface area contributed by atoms with Gasteiger partial charge in [0.25, 0.3) is 5.69 Å².